The summed E-state index contributed by atoms with van der Waals surface area (Å²) in [6.07, 6.45) is -0.0658. The zero-order chi connectivity index (χ0) is 24.2. The van der Waals surface area contributed by atoms with Crippen molar-refractivity contribution >= 4 is 39.5 Å². The number of rotatable bonds is 6. The summed E-state index contributed by atoms with van der Waals surface area (Å²) in [5.41, 5.74) is 4.39. The van der Waals surface area contributed by atoms with Crippen LogP contribution in [0.4, 0.5) is 8.78 Å². The Hall–Kier alpha value is -2.97. The lowest BCUT2D eigenvalue weighted by atomic mass is 9.92. The van der Waals surface area contributed by atoms with E-state index in [1.165, 1.54) is 6.07 Å². The van der Waals surface area contributed by atoms with E-state index in [1.54, 1.807) is 13.2 Å². The van der Waals surface area contributed by atoms with E-state index >= 15 is 0 Å². The van der Waals surface area contributed by atoms with Crippen LogP contribution in [0.2, 0.25) is 5.02 Å². The number of carboxylic acids is 1. The molecular formula is C25H24ClF2N3O3. The summed E-state index contributed by atoms with van der Waals surface area (Å²) in [7, 11) is 1.60. The van der Waals surface area contributed by atoms with Gasteiger partial charge in [0, 0.05) is 55.2 Å². The van der Waals surface area contributed by atoms with Gasteiger partial charge in [-0.05, 0) is 49.2 Å². The zero-order valence-corrected chi connectivity index (χ0v) is 19.6. The molecule has 34 heavy (non-hydrogen) atoms. The third kappa shape index (κ3) is 3.56. The number of hydrogen-bond acceptors (Lipinski definition) is 3. The smallest absolute Gasteiger partial charge is 0.337 e. The van der Waals surface area contributed by atoms with Gasteiger partial charge < -0.3 is 19.0 Å². The molecule has 0 aliphatic heterocycles. The Morgan fingerprint density at radius 3 is 2.71 bits per heavy atom. The van der Waals surface area contributed by atoms with Crippen molar-refractivity contribution in [1.29, 1.82) is 0 Å². The molecule has 0 atom stereocenters. The molecule has 0 unspecified atom stereocenters. The first kappa shape index (κ1) is 22.8. The van der Waals surface area contributed by atoms with Gasteiger partial charge in [-0.1, -0.05) is 11.6 Å². The minimum Gasteiger partial charge on any atom is -0.478 e. The van der Waals surface area contributed by atoms with E-state index in [2.05, 4.69) is 4.57 Å². The number of imidazole rings is 1. The lowest BCUT2D eigenvalue weighted by Crippen LogP contribution is -2.26. The average Bonchev–Trinajstić information content (AvgIpc) is 3.32. The van der Waals surface area contributed by atoms with Crippen molar-refractivity contribution in [3.05, 3.63) is 52.2 Å². The number of methoxy groups -OCH3 is 1. The molecule has 0 amide bonds. The van der Waals surface area contributed by atoms with Gasteiger partial charge in [-0.15, -0.1) is 0 Å². The van der Waals surface area contributed by atoms with E-state index in [0.29, 0.717) is 48.5 Å². The molecule has 1 aliphatic carbocycles. The van der Waals surface area contributed by atoms with Crippen molar-refractivity contribution in [3.8, 4) is 11.4 Å². The Morgan fingerprint density at radius 2 is 2.00 bits per heavy atom. The maximum Gasteiger partial charge on any atom is 0.337 e. The van der Waals surface area contributed by atoms with Crippen LogP contribution in [0.3, 0.4) is 0 Å². The highest BCUT2D eigenvalue weighted by Gasteiger charge is 2.37. The first-order chi connectivity index (χ1) is 16.3. The second-order valence-corrected chi connectivity index (χ2v) is 8.99. The fraction of sp³-hybridized carbons (Fsp3) is 0.360. The first-order valence-electron chi connectivity index (χ1n) is 11.2. The van der Waals surface area contributed by atoms with Gasteiger partial charge in [0.05, 0.1) is 22.7 Å². The fourth-order valence-electron chi connectivity index (χ4n) is 5.06. The van der Waals surface area contributed by atoms with Crippen molar-refractivity contribution in [1.82, 2.24) is 14.1 Å². The molecule has 0 saturated carbocycles. The van der Waals surface area contributed by atoms with Crippen molar-refractivity contribution in [2.24, 2.45) is 0 Å². The lowest BCUT2D eigenvalue weighted by Gasteiger charge is -2.23. The summed E-state index contributed by atoms with van der Waals surface area (Å²) < 4.78 is 38.0. The van der Waals surface area contributed by atoms with Crippen LogP contribution >= 0.6 is 11.6 Å². The van der Waals surface area contributed by atoms with Gasteiger partial charge in [0.2, 0.25) is 0 Å². The Bertz CT molecular complexity index is 1440. The number of carbonyl (C=O) groups is 1. The molecule has 2 heterocycles. The molecule has 0 saturated heterocycles. The van der Waals surface area contributed by atoms with Crippen LogP contribution in [-0.2, 0) is 30.7 Å². The largest absolute Gasteiger partial charge is 0.478 e. The Morgan fingerprint density at radius 1 is 1.24 bits per heavy atom. The van der Waals surface area contributed by atoms with Gasteiger partial charge in [0.1, 0.15) is 11.3 Å². The Labute approximate surface area is 199 Å². The van der Waals surface area contributed by atoms with Crippen LogP contribution in [0, 0.1) is 0 Å². The molecule has 9 heteroatoms. The van der Waals surface area contributed by atoms with Crippen molar-refractivity contribution < 1.29 is 23.4 Å². The van der Waals surface area contributed by atoms with E-state index in [1.807, 2.05) is 29.7 Å². The monoisotopic (exact) mass is 487 g/mol. The minimum atomic E-state index is -2.72. The van der Waals surface area contributed by atoms with E-state index in [4.69, 9.17) is 21.3 Å². The number of aromatic carboxylic acids is 1. The van der Waals surface area contributed by atoms with Gasteiger partial charge >= 0.3 is 5.97 Å². The van der Waals surface area contributed by atoms with Gasteiger partial charge in [0.25, 0.3) is 5.92 Å². The quantitative estimate of drug-likeness (QED) is 0.373. The van der Waals surface area contributed by atoms with Crippen LogP contribution in [-0.4, -0.2) is 44.8 Å². The fourth-order valence-corrected chi connectivity index (χ4v) is 5.34. The van der Waals surface area contributed by atoms with Crippen LogP contribution in [0.25, 0.3) is 33.3 Å². The number of nitrogens with zero attached hydrogens (tertiary/aromatic N) is 3. The van der Waals surface area contributed by atoms with Crippen molar-refractivity contribution in [2.45, 2.75) is 45.2 Å². The van der Waals surface area contributed by atoms with Crippen molar-refractivity contribution in [2.75, 3.05) is 13.7 Å². The lowest BCUT2D eigenvalue weighted by molar-refractivity contribution is -0.0125. The zero-order valence-electron chi connectivity index (χ0n) is 18.9. The maximum absolute atomic E-state index is 14.3. The molecule has 0 bridgehead atoms. The van der Waals surface area contributed by atoms with Gasteiger partial charge in [-0.25, -0.2) is 18.6 Å². The molecule has 0 fully saturated rings. The second kappa shape index (κ2) is 8.36. The first-order valence-corrected chi connectivity index (χ1v) is 11.6. The second-order valence-electron chi connectivity index (χ2n) is 8.61. The molecule has 2 aromatic carbocycles. The number of hydrogen-bond donors (Lipinski definition) is 1. The van der Waals surface area contributed by atoms with Gasteiger partial charge in [-0.2, -0.15) is 0 Å². The van der Waals surface area contributed by atoms with Crippen LogP contribution < -0.4 is 0 Å². The highest BCUT2D eigenvalue weighted by molar-refractivity contribution is 6.37. The number of carboxylic acid groups (broad SMARTS) is 1. The van der Waals surface area contributed by atoms with E-state index in [-0.39, 0.29) is 23.4 Å². The topological polar surface area (TPSA) is 69.3 Å². The highest BCUT2D eigenvalue weighted by Crippen LogP contribution is 2.40. The molecule has 4 aromatic rings. The number of alkyl halides is 2. The maximum atomic E-state index is 14.3. The van der Waals surface area contributed by atoms with Crippen LogP contribution in [0.1, 0.15) is 35.0 Å². The number of halogens is 3. The predicted molar refractivity (Wildman–Crippen MR) is 127 cm³/mol. The molecule has 1 N–H and O–H groups in total. The van der Waals surface area contributed by atoms with Crippen LogP contribution in [0.5, 0.6) is 0 Å². The third-order valence-corrected chi connectivity index (χ3v) is 7.02. The summed E-state index contributed by atoms with van der Waals surface area (Å²) in [5, 5.41) is 10.3. The molecule has 0 radical (unpaired) electrons. The van der Waals surface area contributed by atoms with E-state index < -0.39 is 11.9 Å². The predicted octanol–water partition coefficient (Wildman–Crippen LogP) is 5.80. The van der Waals surface area contributed by atoms with E-state index in [9.17, 15) is 18.7 Å². The Balaban J connectivity index is 1.74. The normalized spacial score (nSPS) is 15.2. The minimum absolute atomic E-state index is 0.0242. The summed E-state index contributed by atoms with van der Waals surface area (Å²) in [6, 6.07) is 8.94. The Kier molecular flexibility index (Phi) is 5.61. The number of aryl methyl sites for hydroxylation is 1. The molecule has 6 nitrogen and oxygen atoms in total. The highest BCUT2D eigenvalue weighted by atomic mass is 35.5. The number of fused-ring (bicyclic) bond motifs is 4. The molecule has 5 rings (SSSR count). The van der Waals surface area contributed by atoms with Gasteiger partial charge in [0.15, 0.2) is 0 Å². The molecule has 178 valence electrons. The SMILES string of the molecule is CCn1c2c(c3cc(-c4nc5c(Cl)c(C(=O)O)ccc5n4CCOC)ccc31)CC(F)(F)CC2. The van der Waals surface area contributed by atoms with Gasteiger partial charge in [-0.3, -0.25) is 0 Å². The molecule has 1 aliphatic rings. The van der Waals surface area contributed by atoms with Crippen molar-refractivity contribution in [3.63, 3.8) is 0 Å². The summed E-state index contributed by atoms with van der Waals surface area (Å²) >= 11 is 6.41. The number of benzene rings is 2. The summed E-state index contributed by atoms with van der Waals surface area (Å²) in [4.78, 5) is 16.3. The number of aromatic nitrogens is 3. The molecule has 0 spiro atoms. The third-order valence-electron chi connectivity index (χ3n) is 6.63. The average molecular weight is 488 g/mol. The van der Waals surface area contributed by atoms with Crippen LogP contribution in [0.15, 0.2) is 30.3 Å². The molecular weight excluding hydrogens is 464 g/mol. The summed E-state index contributed by atoms with van der Waals surface area (Å²) in [6.45, 7) is 3.60. The standard InChI is InChI=1S/C25H24ClF2N3O3/c1-3-30-18-6-4-14(12-16(18)17-13-25(27,28)9-8-19(17)30)23-29-22-20(31(23)10-11-34-2)7-5-15(21(22)26)24(32)33/h4-7,12H,3,8-11,13H2,1-2H3,(H,32,33). The number of ether oxygens (including phenoxy) is 1. The summed E-state index contributed by atoms with van der Waals surface area (Å²) in [5.74, 6) is -3.27. The molecule has 2 aromatic heterocycles. The van der Waals surface area contributed by atoms with E-state index in [0.717, 1.165) is 22.2 Å².